The fourth-order valence-corrected chi connectivity index (χ4v) is 3.07. The van der Waals surface area contributed by atoms with Gasteiger partial charge in [0.05, 0.1) is 12.8 Å². The molecule has 6 nitrogen and oxygen atoms in total. The molecule has 0 saturated carbocycles. The van der Waals surface area contributed by atoms with Crippen molar-refractivity contribution >= 4 is 35.0 Å². The maximum Gasteiger partial charge on any atom is 0.191 e. The number of aromatic nitrogens is 4. The molecule has 24 heavy (non-hydrogen) atoms. The molecule has 0 saturated heterocycles. The Hall–Kier alpha value is -2.25. The molecular formula is C16H16ClN5OS. The molecule has 0 amide bonds. The van der Waals surface area contributed by atoms with Gasteiger partial charge in [0.25, 0.3) is 0 Å². The van der Waals surface area contributed by atoms with Crippen LogP contribution in [0.15, 0.2) is 41.6 Å². The van der Waals surface area contributed by atoms with E-state index in [0.29, 0.717) is 16.1 Å². The molecule has 2 heterocycles. The molecule has 0 fully saturated rings. The van der Waals surface area contributed by atoms with Crippen molar-refractivity contribution in [3.8, 4) is 5.75 Å². The number of halogens is 1. The number of rotatable bonds is 6. The summed E-state index contributed by atoms with van der Waals surface area (Å²) < 4.78 is 5.16. The summed E-state index contributed by atoms with van der Waals surface area (Å²) in [6, 6.07) is 11.5. The normalized spacial score (nSPS) is 10.6. The largest absolute Gasteiger partial charge is 0.497 e. The van der Waals surface area contributed by atoms with Crippen LogP contribution in [0.4, 0.5) is 11.6 Å². The predicted octanol–water partition coefficient (Wildman–Crippen LogP) is 4.21. The molecular weight excluding hydrogens is 346 g/mol. The van der Waals surface area contributed by atoms with E-state index in [-0.39, 0.29) is 0 Å². The number of aryl methyl sites for hydroxylation is 1. The van der Waals surface area contributed by atoms with Gasteiger partial charge in [-0.3, -0.25) is 5.10 Å². The van der Waals surface area contributed by atoms with Gasteiger partial charge in [-0.2, -0.15) is 5.10 Å². The van der Waals surface area contributed by atoms with E-state index < -0.39 is 0 Å². The van der Waals surface area contributed by atoms with Crippen LogP contribution in [0.3, 0.4) is 0 Å². The number of H-pyrrole nitrogens is 1. The Bertz CT molecular complexity index is 822. The van der Waals surface area contributed by atoms with E-state index in [0.717, 1.165) is 28.6 Å². The number of nitrogens with zero attached hydrogens (tertiary/aromatic N) is 3. The van der Waals surface area contributed by atoms with Crippen LogP contribution in [0.2, 0.25) is 5.15 Å². The molecule has 0 bridgehead atoms. The number of methoxy groups -OCH3 is 1. The van der Waals surface area contributed by atoms with Gasteiger partial charge in [0.2, 0.25) is 0 Å². The van der Waals surface area contributed by atoms with E-state index >= 15 is 0 Å². The van der Waals surface area contributed by atoms with Gasteiger partial charge in [-0.15, -0.1) is 0 Å². The van der Waals surface area contributed by atoms with Crippen molar-refractivity contribution in [3.05, 3.63) is 52.8 Å². The zero-order valence-corrected chi connectivity index (χ0v) is 14.8. The molecule has 124 valence electrons. The first-order valence-corrected chi connectivity index (χ1v) is 8.58. The van der Waals surface area contributed by atoms with Crippen LogP contribution in [0.1, 0.15) is 11.3 Å². The van der Waals surface area contributed by atoms with E-state index in [4.69, 9.17) is 16.3 Å². The third-order valence-corrected chi connectivity index (χ3v) is 4.28. The lowest BCUT2D eigenvalue weighted by atomic mass is 10.2. The number of nitrogens with one attached hydrogen (secondary N) is 2. The quantitative estimate of drug-likeness (QED) is 0.389. The van der Waals surface area contributed by atoms with Crippen molar-refractivity contribution in [1.29, 1.82) is 0 Å². The molecule has 0 aliphatic carbocycles. The Balaban J connectivity index is 1.68. The SMILES string of the molecule is COc1ccc(CSc2nc(Cl)cc(Nc3cc(C)n[nH]3)n2)cc1. The number of ether oxygens (including phenoxy) is 1. The first-order chi connectivity index (χ1) is 11.6. The second-order valence-corrected chi connectivity index (χ2v) is 6.37. The lowest BCUT2D eigenvalue weighted by Gasteiger charge is -2.06. The van der Waals surface area contributed by atoms with Crippen LogP contribution in [0.5, 0.6) is 5.75 Å². The number of thioether (sulfide) groups is 1. The third kappa shape index (κ3) is 4.39. The number of hydrogen-bond acceptors (Lipinski definition) is 6. The summed E-state index contributed by atoms with van der Waals surface area (Å²) in [5.74, 6) is 2.96. The highest BCUT2D eigenvalue weighted by Crippen LogP contribution is 2.25. The van der Waals surface area contributed by atoms with E-state index in [2.05, 4.69) is 25.5 Å². The van der Waals surface area contributed by atoms with E-state index in [9.17, 15) is 0 Å². The van der Waals surface area contributed by atoms with Gasteiger partial charge in [-0.25, -0.2) is 9.97 Å². The van der Waals surface area contributed by atoms with Crippen LogP contribution in [0, 0.1) is 6.92 Å². The molecule has 3 aromatic rings. The molecule has 0 atom stereocenters. The van der Waals surface area contributed by atoms with Gasteiger partial charge in [-0.1, -0.05) is 35.5 Å². The Labute approximate surface area is 149 Å². The topological polar surface area (TPSA) is 75.7 Å². The number of aromatic amines is 1. The fourth-order valence-electron chi connectivity index (χ4n) is 2.02. The Morgan fingerprint density at radius 1 is 1.21 bits per heavy atom. The molecule has 0 radical (unpaired) electrons. The smallest absolute Gasteiger partial charge is 0.191 e. The van der Waals surface area contributed by atoms with Crippen molar-refractivity contribution < 1.29 is 4.74 Å². The minimum Gasteiger partial charge on any atom is -0.497 e. The van der Waals surface area contributed by atoms with Crippen molar-refractivity contribution in [1.82, 2.24) is 20.2 Å². The van der Waals surface area contributed by atoms with Gasteiger partial charge in [-0.05, 0) is 24.6 Å². The fraction of sp³-hybridized carbons (Fsp3) is 0.188. The first-order valence-electron chi connectivity index (χ1n) is 7.22. The van der Waals surface area contributed by atoms with Crippen LogP contribution < -0.4 is 10.1 Å². The van der Waals surface area contributed by atoms with Gasteiger partial charge < -0.3 is 10.1 Å². The minimum absolute atomic E-state index is 0.390. The van der Waals surface area contributed by atoms with Crippen molar-refractivity contribution in [2.75, 3.05) is 12.4 Å². The summed E-state index contributed by atoms with van der Waals surface area (Å²) >= 11 is 7.61. The predicted molar refractivity (Wildman–Crippen MR) is 96.2 cm³/mol. The lowest BCUT2D eigenvalue weighted by molar-refractivity contribution is 0.414. The van der Waals surface area contributed by atoms with Crippen molar-refractivity contribution in [2.24, 2.45) is 0 Å². The highest BCUT2D eigenvalue weighted by atomic mass is 35.5. The van der Waals surface area contributed by atoms with Crippen LogP contribution in [-0.2, 0) is 5.75 Å². The van der Waals surface area contributed by atoms with Gasteiger partial charge >= 0.3 is 0 Å². The highest BCUT2D eigenvalue weighted by molar-refractivity contribution is 7.98. The van der Waals surface area contributed by atoms with Crippen LogP contribution in [-0.4, -0.2) is 27.3 Å². The third-order valence-electron chi connectivity index (χ3n) is 3.17. The molecule has 2 N–H and O–H groups in total. The Kier molecular flexibility index (Phi) is 5.22. The van der Waals surface area contributed by atoms with Crippen molar-refractivity contribution in [3.63, 3.8) is 0 Å². The average Bonchev–Trinajstić information content (AvgIpc) is 2.98. The summed E-state index contributed by atoms with van der Waals surface area (Å²) in [4.78, 5) is 8.73. The molecule has 2 aromatic heterocycles. The highest BCUT2D eigenvalue weighted by Gasteiger charge is 2.06. The average molecular weight is 362 g/mol. The number of anilines is 2. The summed E-state index contributed by atoms with van der Waals surface area (Å²) in [6.07, 6.45) is 0. The summed E-state index contributed by atoms with van der Waals surface area (Å²) in [5, 5.41) is 11.1. The lowest BCUT2D eigenvalue weighted by Crippen LogP contribution is -1.97. The van der Waals surface area contributed by atoms with Crippen LogP contribution >= 0.6 is 23.4 Å². The first kappa shape index (κ1) is 16.6. The van der Waals surface area contributed by atoms with E-state index in [1.165, 1.54) is 11.8 Å². The summed E-state index contributed by atoms with van der Waals surface area (Å²) in [6.45, 7) is 1.91. The molecule has 0 unspecified atom stereocenters. The molecule has 0 aliphatic heterocycles. The van der Waals surface area contributed by atoms with Crippen LogP contribution in [0.25, 0.3) is 0 Å². The zero-order valence-electron chi connectivity index (χ0n) is 13.2. The maximum absolute atomic E-state index is 6.10. The molecule has 0 aliphatic rings. The Morgan fingerprint density at radius 2 is 2.00 bits per heavy atom. The Morgan fingerprint density at radius 3 is 2.67 bits per heavy atom. The van der Waals surface area contributed by atoms with E-state index in [1.54, 1.807) is 13.2 Å². The molecule has 1 aromatic carbocycles. The van der Waals surface area contributed by atoms with Gasteiger partial charge in [0.15, 0.2) is 5.16 Å². The summed E-state index contributed by atoms with van der Waals surface area (Å²) in [7, 11) is 1.65. The molecule has 3 rings (SSSR count). The second-order valence-electron chi connectivity index (χ2n) is 5.04. The molecule has 0 spiro atoms. The molecule has 8 heteroatoms. The maximum atomic E-state index is 6.10. The zero-order chi connectivity index (χ0) is 16.9. The monoisotopic (exact) mass is 361 g/mol. The van der Waals surface area contributed by atoms with Gasteiger partial charge in [0, 0.05) is 17.9 Å². The number of hydrogen-bond donors (Lipinski definition) is 2. The second kappa shape index (κ2) is 7.55. The standard InChI is InChI=1S/C16H16ClN5OS/c1-10-7-15(22-21-10)19-14-8-13(17)18-16(20-14)24-9-11-3-5-12(23-2)6-4-11/h3-8H,9H2,1-2H3,(H2,18,19,20,21,22). The summed E-state index contributed by atoms with van der Waals surface area (Å²) in [5.41, 5.74) is 2.05. The number of benzene rings is 1. The van der Waals surface area contributed by atoms with Crippen molar-refractivity contribution in [2.45, 2.75) is 17.8 Å². The van der Waals surface area contributed by atoms with E-state index in [1.807, 2.05) is 37.3 Å². The minimum atomic E-state index is 0.390. The van der Waals surface area contributed by atoms with Gasteiger partial charge in [0.1, 0.15) is 22.5 Å².